The lowest BCUT2D eigenvalue weighted by Gasteiger charge is -2.16. The smallest absolute Gasteiger partial charge is 0.361 e. The molecule has 0 aromatic heterocycles. The lowest BCUT2D eigenvalue weighted by Crippen LogP contribution is -2.26. The van der Waals surface area contributed by atoms with Crippen LogP contribution in [0.5, 0.6) is 0 Å². The molecule has 1 N–H and O–H groups in total. The molecule has 0 aliphatic carbocycles. The van der Waals surface area contributed by atoms with Crippen molar-refractivity contribution in [3.8, 4) is 0 Å². The number of hydrogen-bond acceptors (Lipinski definition) is 1. The van der Waals surface area contributed by atoms with Gasteiger partial charge in [-0.2, -0.15) is 30.9 Å². The van der Waals surface area contributed by atoms with E-state index in [2.05, 4.69) is 5.32 Å². The van der Waals surface area contributed by atoms with E-state index in [0.717, 1.165) is 17.0 Å². The van der Waals surface area contributed by atoms with E-state index >= 15 is 0 Å². The molecular formula is C21H19F6N2+. The highest BCUT2D eigenvalue weighted by Gasteiger charge is 2.42. The maximum absolute atomic E-state index is 13.0. The lowest BCUT2D eigenvalue weighted by atomic mass is 9.81. The maximum atomic E-state index is 13.0. The van der Waals surface area contributed by atoms with Gasteiger partial charge in [0.15, 0.2) is 5.71 Å². The second-order valence-electron chi connectivity index (χ2n) is 7.36. The maximum Gasteiger partial charge on any atom is 0.416 e. The van der Waals surface area contributed by atoms with Gasteiger partial charge >= 0.3 is 12.4 Å². The molecule has 1 aliphatic heterocycles. The summed E-state index contributed by atoms with van der Waals surface area (Å²) in [5, 5.41) is 2.55. The Kier molecular flexibility index (Phi) is 5.01. The van der Waals surface area contributed by atoms with Crippen LogP contribution in [0.4, 0.5) is 37.7 Å². The molecule has 0 amide bonds. The van der Waals surface area contributed by atoms with E-state index in [1.54, 1.807) is 6.08 Å². The van der Waals surface area contributed by atoms with E-state index in [1.807, 2.05) is 49.7 Å². The van der Waals surface area contributed by atoms with Crippen molar-refractivity contribution >= 4 is 17.1 Å². The molecule has 154 valence electrons. The number of nitrogens with one attached hydrogen (secondary N) is 1. The summed E-state index contributed by atoms with van der Waals surface area (Å²) in [5.74, 6) is 0. The minimum atomic E-state index is -4.88. The molecule has 0 unspecified atom stereocenters. The second kappa shape index (κ2) is 6.93. The van der Waals surface area contributed by atoms with Crippen LogP contribution in [0.15, 0.2) is 54.7 Å². The van der Waals surface area contributed by atoms with Crippen molar-refractivity contribution in [1.29, 1.82) is 0 Å². The number of para-hydroxylation sites is 1. The zero-order chi connectivity index (χ0) is 21.6. The third-order valence-corrected chi connectivity index (χ3v) is 5.02. The molecule has 0 saturated heterocycles. The molecule has 8 heteroatoms. The second-order valence-corrected chi connectivity index (χ2v) is 7.36. The van der Waals surface area contributed by atoms with Gasteiger partial charge in [-0.1, -0.05) is 18.2 Å². The van der Waals surface area contributed by atoms with E-state index < -0.39 is 23.5 Å². The molecule has 0 fully saturated rings. The Morgan fingerprint density at radius 2 is 1.45 bits per heavy atom. The Morgan fingerprint density at radius 1 is 0.897 bits per heavy atom. The number of hydrogen-bond donors (Lipinski definition) is 1. The molecule has 0 saturated carbocycles. The van der Waals surface area contributed by atoms with Gasteiger partial charge in [-0.25, -0.2) is 0 Å². The van der Waals surface area contributed by atoms with Crippen LogP contribution in [0, 0.1) is 0 Å². The van der Waals surface area contributed by atoms with Gasteiger partial charge in [0.1, 0.15) is 7.05 Å². The van der Waals surface area contributed by atoms with Gasteiger partial charge < -0.3 is 5.32 Å². The zero-order valence-corrected chi connectivity index (χ0v) is 15.9. The number of nitrogens with zero attached hydrogens (tertiary/aromatic N) is 1. The first-order valence-corrected chi connectivity index (χ1v) is 8.75. The van der Waals surface area contributed by atoms with E-state index in [0.29, 0.717) is 12.1 Å². The average Bonchev–Trinajstić information content (AvgIpc) is 2.81. The molecule has 3 rings (SSSR count). The number of rotatable bonds is 3. The molecule has 0 atom stereocenters. The van der Waals surface area contributed by atoms with Crippen molar-refractivity contribution < 1.29 is 30.9 Å². The van der Waals surface area contributed by atoms with Crippen LogP contribution in [0.25, 0.3) is 0 Å². The van der Waals surface area contributed by atoms with Crippen molar-refractivity contribution in [2.45, 2.75) is 31.6 Å². The Hall–Kier alpha value is -2.77. The van der Waals surface area contributed by atoms with Crippen LogP contribution >= 0.6 is 0 Å². The SMILES string of the molecule is C[N+]1=C(C=CNc2cc(C(F)(F)F)cc(C(F)(F)F)c2)C(C)(C)c2ccccc21. The van der Waals surface area contributed by atoms with E-state index in [4.69, 9.17) is 0 Å². The monoisotopic (exact) mass is 413 g/mol. The summed E-state index contributed by atoms with van der Waals surface area (Å²) >= 11 is 0. The highest BCUT2D eigenvalue weighted by molar-refractivity contribution is 6.03. The standard InChI is InChI=1S/C21H18F6N2/c1-19(2)16-6-4-5-7-17(16)29(3)18(19)8-9-28-15-11-13(20(22,23)24)10-14(12-15)21(25,26)27/h4-12H,1-3H3/p+1. The molecule has 0 radical (unpaired) electrons. The summed E-state index contributed by atoms with van der Waals surface area (Å²) in [7, 11) is 1.86. The van der Waals surface area contributed by atoms with Crippen LogP contribution < -0.4 is 5.32 Å². The summed E-state index contributed by atoms with van der Waals surface area (Å²) < 4.78 is 79.9. The van der Waals surface area contributed by atoms with Crippen LogP contribution in [0.3, 0.4) is 0 Å². The Morgan fingerprint density at radius 3 is 1.97 bits per heavy atom. The molecule has 1 aliphatic rings. The van der Waals surface area contributed by atoms with Crippen LogP contribution in [-0.4, -0.2) is 17.3 Å². The fraction of sp³-hybridized carbons (Fsp3) is 0.286. The molecule has 29 heavy (non-hydrogen) atoms. The van der Waals surface area contributed by atoms with E-state index in [1.165, 1.54) is 6.20 Å². The molecule has 0 spiro atoms. The number of anilines is 1. The quantitative estimate of drug-likeness (QED) is 0.457. The minimum Gasteiger partial charge on any atom is -0.361 e. The Labute approximate surface area is 164 Å². The van der Waals surface area contributed by atoms with Crippen molar-refractivity contribution in [3.63, 3.8) is 0 Å². The van der Waals surface area contributed by atoms with Crippen LogP contribution in [-0.2, 0) is 17.8 Å². The number of benzene rings is 2. The molecule has 2 aromatic rings. The van der Waals surface area contributed by atoms with Crippen molar-refractivity contribution in [1.82, 2.24) is 0 Å². The molecule has 0 bridgehead atoms. The van der Waals surface area contributed by atoms with Gasteiger partial charge in [0.25, 0.3) is 0 Å². The molecule has 1 heterocycles. The van der Waals surface area contributed by atoms with Crippen molar-refractivity contribution in [2.75, 3.05) is 12.4 Å². The van der Waals surface area contributed by atoms with E-state index in [9.17, 15) is 26.3 Å². The summed E-state index contributed by atoms with van der Waals surface area (Å²) in [6, 6.07) is 9.17. The number of allylic oxidation sites excluding steroid dienone is 1. The van der Waals surface area contributed by atoms with Gasteiger partial charge in [0, 0.05) is 29.6 Å². The summed E-state index contributed by atoms with van der Waals surface area (Å²) in [6.45, 7) is 4.00. The van der Waals surface area contributed by atoms with Crippen LogP contribution in [0.1, 0.15) is 30.5 Å². The van der Waals surface area contributed by atoms with Gasteiger partial charge in [-0.15, -0.1) is 0 Å². The first-order chi connectivity index (χ1) is 13.3. The van der Waals surface area contributed by atoms with E-state index in [-0.39, 0.29) is 17.2 Å². The third-order valence-electron chi connectivity index (χ3n) is 5.02. The number of fused-ring (bicyclic) bond motifs is 1. The van der Waals surface area contributed by atoms with Crippen LogP contribution in [0.2, 0.25) is 0 Å². The van der Waals surface area contributed by atoms with Gasteiger partial charge in [0.2, 0.25) is 5.69 Å². The third kappa shape index (κ3) is 4.02. The molecule has 2 nitrogen and oxygen atoms in total. The largest absolute Gasteiger partial charge is 0.416 e. The Balaban J connectivity index is 1.92. The fourth-order valence-electron chi connectivity index (χ4n) is 3.56. The Bertz CT molecular complexity index is 965. The lowest BCUT2D eigenvalue weighted by molar-refractivity contribution is -0.401. The minimum absolute atomic E-state index is 0.105. The molecule has 2 aromatic carbocycles. The van der Waals surface area contributed by atoms with Gasteiger partial charge in [-0.05, 0) is 32.0 Å². The number of alkyl halides is 6. The first kappa shape index (κ1) is 21.0. The first-order valence-electron chi connectivity index (χ1n) is 8.75. The normalized spacial score (nSPS) is 16.4. The van der Waals surface area contributed by atoms with Gasteiger partial charge in [0.05, 0.1) is 16.5 Å². The van der Waals surface area contributed by atoms with Crippen molar-refractivity contribution in [2.24, 2.45) is 0 Å². The predicted molar refractivity (Wildman–Crippen MR) is 99.5 cm³/mol. The van der Waals surface area contributed by atoms with Gasteiger partial charge in [-0.3, -0.25) is 0 Å². The molecular weight excluding hydrogens is 394 g/mol. The highest BCUT2D eigenvalue weighted by Crippen LogP contribution is 2.39. The van der Waals surface area contributed by atoms with Crippen molar-refractivity contribution in [3.05, 3.63) is 71.4 Å². The summed E-state index contributed by atoms with van der Waals surface area (Å²) in [6.07, 6.45) is -6.75. The topological polar surface area (TPSA) is 15.0 Å². The number of halogens is 6. The summed E-state index contributed by atoms with van der Waals surface area (Å²) in [4.78, 5) is 0. The average molecular weight is 413 g/mol. The predicted octanol–water partition coefficient (Wildman–Crippen LogP) is 6.36. The zero-order valence-electron chi connectivity index (χ0n) is 15.9. The summed E-state index contributed by atoms with van der Waals surface area (Å²) in [5.41, 5.74) is -0.442. The highest BCUT2D eigenvalue weighted by atomic mass is 19.4. The fourth-order valence-corrected chi connectivity index (χ4v) is 3.56.